The van der Waals surface area contributed by atoms with Crippen molar-refractivity contribution in [3.63, 3.8) is 0 Å². The van der Waals surface area contributed by atoms with Crippen LogP contribution < -0.4 is 10.6 Å². The molecule has 31 heavy (non-hydrogen) atoms. The quantitative estimate of drug-likeness (QED) is 0.604. The number of hydrogen-bond donors (Lipinski definition) is 2. The highest BCUT2D eigenvalue weighted by atomic mass is 19.1. The zero-order chi connectivity index (χ0) is 21.6. The van der Waals surface area contributed by atoms with Crippen molar-refractivity contribution in [2.75, 3.05) is 31.5 Å². The molecule has 162 valence electrons. The molecule has 1 atom stereocenters. The fourth-order valence-corrected chi connectivity index (χ4v) is 3.92. The first-order valence-corrected chi connectivity index (χ1v) is 10.6. The van der Waals surface area contributed by atoms with Gasteiger partial charge >= 0.3 is 0 Å². The summed E-state index contributed by atoms with van der Waals surface area (Å²) in [4.78, 5) is 11.3. The summed E-state index contributed by atoms with van der Waals surface area (Å²) in [5.41, 5.74) is 3.73. The van der Waals surface area contributed by atoms with Crippen LogP contribution in [0.4, 0.5) is 14.7 Å². The lowest BCUT2D eigenvalue weighted by Crippen LogP contribution is -2.48. The fraction of sp³-hybridized carbons (Fsp3) is 0.333. The maximum atomic E-state index is 13.3. The van der Waals surface area contributed by atoms with Gasteiger partial charge in [0.1, 0.15) is 11.6 Å². The van der Waals surface area contributed by atoms with Crippen molar-refractivity contribution < 1.29 is 8.78 Å². The molecule has 0 bridgehead atoms. The topological polar surface area (TPSA) is 53.1 Å². The van der Waals surface area contributed by atoms with Gasteiger partial charge in [-0.15, -0.1) is 0 Å². The van der Waals surface area contributed by atoms with Gasteiger partial charge in [0, 0.05) is 56.6 Å². The van der Waals surface area contributed by atoms with Crippen molar-refractivity contribution in [2.24, 2.45) is 0 Å². The van der Waals surface area contributed by atoms with Gasteiger partial charge in [-0.25, -0.2) is 18.7 Å². The van der Waals surface area contributed by atoms with Gasteiger partial charge in [-0.1, -0.05) is 18.2 Å². The largest absolute Gasteiger partial charge is 0.354 e. The third-order valence-corrected chi connectivity index (χ3v) is 5.36. The minimum absolute atomic E-state index is 0.473. The molecule has 1 unspecified atom stereocenters. The smallest absolute Gasteiger partial charge is 0.223 e. The highest BCUT2D eigenvalue weighted by Crippen LogP contribution is 2.20. The lowest BCUT2D eigenvalue weighted by atomic mass is 10.1. The Labute approximate surface area is 181 Å². The van der Waals surface area contributed by atoms with Gasteiger partial charge in [0.15, 0.2) is 0 Å². The van der Waals surface area contributed by atoms with Crippen LogP contribution in [0.5, 0.6) is 0 Å². The number of rotatable bonds is 7. The van der Waals surface area contributed by atoms with Gasteiger partial charge in [-0.2, -0.15) is 0 Å². The number of hydrogen-bond acceptors (Lipinski definition) is 5. The van der Waals surface area contributed by atoms with Crippen LogP contribution in [-0.2, 0) is 13.0 Å². The molecule has 0 radical (unpaired) electrons. The lowest BCUT2D eigenvalue weighted by molar-refractivity contribution is 0.199. The fourth-order valence-electron chi connectivity index (χ4n) is 3.92. The highest BCUT2D eigenvalue weighted by Gasteiger charge is 2.15. The van der Waals surface area contributed by atoms with E-state index in [0.717, 1.165) is 43.5 Å². The molecule has 1 saturated heterocycles. The molecule has 0 amide bonds. The van der Waals surface area contributed by atoms with Gasteiger partial charge in [0.2, 0.25) is 5.95 Å². The summed E-state index contributed by atoms with van der Waals surface area (Å²) in [6.45, 7) is 6.72. The van der Waals surface area contributed by atoms with Crippen LogP contribution in [-0.4, -0.2) is 47.1 Å². The van der Waals surface area contributed by atoms with Crippen LogP contribution in [0.25, 0.3) is 11.3 Å². The Morgan fingerprint density at radius 1 is 1.10 bits per heavy atom. The monoisotopic (exact) mass is 423 g/mol. The van der Waals surface area contributed by atoms with Gasteiger partial charge in [-0.05, 0) is 48.7 Å². The van der Waals surface area contributed by atoms with Crippen LogP contribution >= 0.6 is 0 Å². The van der Waals surface area contributed by atoms with Crippen LogP contribution in [0.15, 0.2) is 54.7 Å². The van der Waals surface area contributed by atoms with Gasteiger partial charge in [-0.3, -0.25) is 4.90 Å². The molecule has 0 aliphatic carbocycles. The van der Waals surface area contributed by atoms with Crippen LogP contribution in [0, 0.1) is 11.6 Å². The number of anilines is 1. The van der Waals surface area contributed by atoms with E-state index in [4.69, 9.17) is 0 Å². The molecule has 0 spiro atoms. The second-order valence-electron chi connectivity index (χ2n) is 8.01. The maximum Gasteiger partial charge on any atom is 0.223 e. The van der Waals surface area contributed by atoms with E-state index in [2.05, 4.69) is 50.6 Å². The molecule has 0 saturated carbocycles. The maximum absolute atomic E-state index is 13.3. The first kappa shape index (κ1) is 21.3. The normalized spacial score (nSPS) is 16.9. The van der Waals surface area contributed by atoms with Crippen molar-refractivity contribution in [1.29, 1.82) is 0 Å². The molecule has 1 aliphatic rings. The van der Waals surface area contributed by atoms with E-state index in [0.29, 0.717) is 30.5 Å². The first-order chi connectivity index (χ1) is 15.0. The molecule has 4 rings (SSSR count). The Hall–Kier alpha value is -2.90. The molecule has 2 aromatic carbocycles. The van der Waals surface area contributed by atoms with E-state index in [1.54, 1.807) is 6.20 Å². The van der Waals surface area contributed by atoms with Crippen molar-refractivity contribution in [2.45, 2.75) is 25.9 Å². The van der Waals surface area contributed by atoms with Gasteiger partial charge in [0.05, 0.1) is 5.69 Å². The highest BCUT2D eigenvalue weighted by molar-refractivity contribution is 5.60. The second kappa shape index (κ2) is 9.94. The summed E-state index contributed by atoms with van der Waals surface area (Å²) >= 11 is 0. The van der Waals surface area contributed by atoms with E-state index in [-0.39, 0.29) is 0 Å². The number of benzene rings is 2. The van der Waals surface area contributed by atoms with Crippen molar-refractivity contribution in [1.82, 2.24) is 20.2 Å². The predicted molar refractivity (Wildman–Crippen MR) is 119 cm³/mol. The van der Waals surface area contributed by atoms with Crippen LogP contribution in [0.2, 0.25) is 0 Å². The summed E-state index contributed by atoms with van der Waals surface area (Å²) in [6, 6.07) is 14.4. The molecular weight excluding hydrogens is 396 g/mol. The zero-order valence-electron chi connectivity index (χ0n) is 17.6. The third-order valence-electron chi connectivity index (χ3n) is 5.36. The zero-order valence-corrected chi connectivity index (χ0v) is 17.6. The first-order valence-electron chi connectivity index (χ1n) is 10.6. The van der Waals surface area contributed by atoms with Crippen molar-refractivity contribution in [3.8, 4) is 11.3 Å². The summed E-state index contributed by atoms with van der Waals surface area (Å²) in [5, 5.41) is 6.62. The number of nitrogens with one attached hydrogen (secondary N) is 2. The number of piperazine rings is 1. The third kappa shape index (κ3) is 6.06. The number of halogens is 2. The Bertz CT molecular complexity index is 1010. The molecular formula is C24H27F2N5. The molecule has 1 fully saturated rings. The van der Waals surface area contributed by atoms with E-state index in [1.807, 2.05) is 12.1 Å². The van der Waals surface area contributed by atoms with Gasteiger partial charge in [0.25, 0.3) is 0 Å². The molecule has 1 aliphatic heterocycles. The Morgan fingerprint density at radius 2 is 1.94 bits per heavy atom. The molecule has 2 N–H and O–H groups in total. The molecule has 5 nitrogen and oxygen atoms in total. The minimum atomic E-state index is -0.566. The SMILES string of the molecule is CC1CN(Cc2cccc(-c3ccnc(NCCc4cc(F)cc(F)c4)n3)c2)CCN1. The summed E-state index contributed by atoms with van der Waals surface area (Å²) in [6.07, 6.45) is 2.19. The average Bonchev–Trinajstić information content (AvgIpc) is 2.74. The van der Waals surface area contributed by atoms with Crippen LogP contribution in [0.1, 0.15) is 18.1 Å². The summed E-state index contributed by atoms with van der Waals surface area (Å²) < 4.78 is 26.7. The van der Waals surface area contributed by atoms with Gasteiger partial charge < -0.3 is 10.6 Å². The lowest BCUT2D eigenvalue weighted by Gasteiger charge is -2.31. The van der Waals surface area contributed by atoms with E-state index < -0.39 is 11.6 Å². The summed E-state index contributed by atoms with van der Waals surface area (Å²) in [7, 11) is 0. The Morgan fingerprint density at radius 3 is 2.74 bits per heavy atom. The molecule has 1 aromatic heterocycles. The molecule has 2 heterocycles. The predicted octanol–water partition coefficient (Wildman–Crippen LogP) is 3.87. The minimum Gasteiger partial charge on any atom is -0.354 e. The Balaban J connectivity index is 1.39. The molecule has 3 aromatic rings. The van der Waals surface area contributed by atoms with Crippen LogP contribution in [0.3, 0.4) is 0 Å². The van der Waals surface area contributed by atoms with Crippen molar-refractivity contribution in [3.05, 3.63) is 77.5 Å². The number of nitrogens with zero attached hydrogens (tertiary/aromatic N) is 3. The average molecular weight is 424 g/mol. The van der Waals surface area contributed by atoms with Crippen molar-refractivity contribution >= 4 is 5.95 Å². The summed E-state index contributed by atoms with van der Waals surface area (Å²) in [5.74, 6) is -0.637. The Kier molecular flexibility index (Phi) is 6.84. The molecule has 7 heteroatoms. The van der Waals surface area contributed by atoms with E-state index >= 15 is 0 Å². The second-order valence-corrected chi connectivity index (χ2v) is 8.01. The van der Waals surface area contributed by atoms with E-state index in [1.165, 1.54) is 17.7 Å². The standard InChI is InChI=1S/C24H27F2N5/c1-17-15-31(10-9-27-17)16-19-3-2-4-20(11-19)23-6-8-29-24(30-23)28-7-5-18-12-21(25)14-22(26)13-18/h2-4,6,8,11-14,17,27H,5,7,9-10,15-16H2,1H3,(H,28,29,30). The number of aromatic nitrogens is 2. The van der Waals surface area contributed by atoms with E-state index in [9.17, 15) is 8.78 Å².